The summed E-state index contributed by atoms with van der Waals surface area (Å²) in [5.74, 6) is -0.214. The van der Waals surface area contributed by atoms with Crippen LogP contribution in [0.2, 0.25) is 0 Å². The van der Waals surface area contributed by atoms with Crippen LogP contribution in [-0.2, 0) is 14.3 Å². The molecule has 0 spiro atoms. The van der Waals surface area contributed by atoms with E-state index >= 15 is 0 Å². The molecule has 2 aliphatic rings. The number of hydrogen-bond acceptors (Lipinski definition) is 4. The smallest absolute Gasteiger partial charge is 0.410 e. The molecule has 0 aromatic carbocycles. The van der Waals surface area contributed by atoms with Crippen LogP contribution in [0.15, 0.2) is 0 Å². The number of rotatable bonds is 1. The van der Waals surface area contributed by atoms with E-state index < -0.39 is 0 Å². The molecular formula is C9H13NO4. The highest BCUT2D eigenvalue weighted by molar-refractivity contribution is 5.76. The fourth-order valence-electron chi connectivity index (χ4n) is 2.03. The summed E-state index contributed by atoms with van der Waals surface area (Å²) in [7, 11) is 0. The Morgan fingerprint density at radius 1 is 1.71 bits per heavy atom. The van der Waals surface area contributed by atoms with Crippen molar-refractivity contribution in [3.05, 3.63) is 0 Å². The maximum Gasteiger partial charge on any atom is 0.410 e. The summed E-state index contributed by atoms with van der Waals surface area (Å²) in [5, 5.41) is 0. The van der Waals surface area contributed by atoms with Gasteiger partial charge in [-0.3, -0.25) is 4.79 Å². The summed E-state index contributed by atoms with van der Waals surface area (Å²) in [6.07, 6.45) is 0.601. The molecule has 14 heavy (non-hydrogen) atoms. The molecule has 2 rings (SSSR count). The van der Waals surface area contributed by atoms with Gasteiger partial charge in [-0.2, -0.15) is 0 Å². The Bertz CT molecular complexity index is 266. The Hall–Kier alpha value is -1.26. The van der Waals surface area contributed by atoms with Gasteiger partial charge >= 0.3 is 12.1 Å². The second kappa shape index (κ2) is 3.48. The zero-order valence-electron chi connectivity index (χ0n) is 8.06. The molecule has 0 N–H and O–H groups in total. The van der Waals surface area contributed by atoms with Crippen molar-refractivity contribution in [3.8, 4) is 0 Å². The van der Waals surface area contributed by atoms with E-state index in [0.29, 0.717) is 19.6 Å². The number of hydrogen-bond donors (Lipinski definition) is 0. The number of ether oxygens (including phenoxy) is 2. The number of carbonyl (C=O) groups excluding carboxylic acids is 2. The first-order valence-corrected chi connectivity index (χ1v) is 4.85. The normalized spacial score (nSPS) is 30.1. The third kappa shape index (κ3) is 1.42. The largest absolute Gasteiger partial charge is 0.460 e. The topological polar surface area (TPSA) is 55.8 Å². The van der Waals surface area contributed by atoms with Gasteiger partial charge in [-0.25, -0.2) is 4.79 Å². The molecule has 2 unspecified atom stereocenters. The molecule has 0 saturated carbocycles. The Morgan fingerprint density at radius 3 is 3.21 bits per heavy atom. The molecule has 0 aromatic rings. The lowest BCUT2D eigenvalue weighted by Gasteiger charge is -2.20. The van der Waals surface area contributed by atoms with Gasteiger partial charge in [-0.15, -0.1) is 0 Å². The van der Waals surface area contributed by atoms with E-state index in [4.69, 9.17) is 9.47 Å². The molecule has 0 radical (unpaired) electrons. The molecule has 1 amide bonds. The van der Waals surface area contributed by atoms with Crippen molar-refractivity contribution >= 4 is 12.1 Å². The van der Waals surface area contributed by atoms with Crippen molar-refractivity contribution in [2.75, 3.05) is 13.2 Å². The van der Waals surface area contributed by atoms with Crippen LogP contribution in [0, 0.1) is 0 Å². The second-order valence-corrected chi connectivity index (χ2v) is 3.48. The molecular weight excluding hydrogens is 186 g/mol. The number of carbonyl (C=O) groups is 2. The fourth-order valence-corrected chi connectivity index (χ4v) is 2.03. The van der Waals surface area contributed by atoms with Gasteiger partial charge in [0, 0.05) is 13.0 Å². The van der Waals surface area contributed by atoms with Crippen LogP contribution in [0.3, 0.4) is 0 Å². The quantitative estimate of drug-likeness (QED) is 0.578. The Kier molecular flexibility index (Phi) is 2.31. The summed E-state index contributed by atoms with van der Waals surface area (Å²) in [4.78, 5) is 24.0. The minimum atomic E-state index is -0.335. The molecule has 2 heterocycles. The van der Waals surface area contributed by atoms with E-state index in [9.17, 15) is 9.59 Å². The SMILES string of the molecule is CCOC(=O)N1CCC2OC(=O)CC21. The average molecular weight is 199 g/mol. The third-order valence-electron chi connectivity index (χ3n) is 2.64. The van der Waals surface area contributed by atoms with Crippen LogP contribution in [0.1, 0.15) is 19.8 Å². The standard InChI is InChI=1S/C9H13NO4/c1-2-13-9(12)10-4-3-7-6(10)5-8(11)14-7/h6-7H,2-5H2,1H3. The number of likely N-dealkylation sites (tertiary alicyclic amines) is 1. The predicted molar refractivity (Wildman–Crippen MR) is 46.6 cm³/mol. The molecule has 2 saturated heterocycles. The van der Waals surface area contributed by atoms with Crippen LogP contribution >= 0.6 is 0 Å². The monoisotopic (exact) mass is 199 g/mol. The molecule has 5 heteroatoms. The van der Waals surface area contributed by atoms with E-state index in [0.717, 1.165) is 6.42 Å². The average Bonchev–Trinajstić information content (AvgIpc) is 2.62. The van der Waals surface area contributed by atoms with E-state index in [1.807, 2.05) is 0 Å². The molecule has 2 atom stereocenters. The predicted octanol–water partition coefficient (Wildman–Crippen LogP) is 0.533. The second-order valence-electron chi connectivity index (χ2n) is 3.48. The zero-order chi connectivity index (χ0) is 10.1. The summed E-state index contributed by atoms with van der Waals surface area (Å²) >= 11 is 0. The van der Waals surface area contributed by atoms with Crippen LogP contribution in [-0.4, -0.2) is 42.3 Å². The lowest BCUT2D eigenvalue weighted by Crippen LogP contribution is -2.37. The summed E-state index contributed by atoms with van der Waals surface area (Å²) < 4.78 is 9.94. The number of fused-ring (bicyclic) bond motifs is 1. The maximum atomic E-state index is 11.4. The van der Waals surface area contributed by atoms with Gasteiger partial charge in [0.15, 0.2) is 0 Å². The first kappa shape index (κ1) is 9.30. The maximum absolute atomic E-state index is 11.4. The van der Waals surface area contributed by atoms with Crippen molar-refractivity contribution < 1.29 is 19.1 Å². The van der Waals surface area contributed by atoms with Crippen molar-refractivity contribution in [2.45, 2.75) is 31.9 Å². The summed E-state index contributed by atoms with van der Waals surface area (Å²) in [5.41, 5.74) is 0. The number of nitrogens with zero attached hydrogens (tertiary/aromatic N) is 1. The molecule has 2 aliphatic heterocycles. The molecule has 0 aromatic heterocycles. The fraction of sp³-hybridized carbons (Fsp3) is 0.778. The van der Waals surface area contributed by atoms with Crippen LogP contribution in [0.5, 0.6) is 0 Å². The van der Waals surface area contributed by atoms with Crippen molar-refractivity contribution in [1.29, 1.82) is 0 Å². The van der Waals surface area contributed by atoms with E-state index in [-0.39, 0.29) is 24.2 Å². The molecule has 78 valence electrons. The molecule has 0 bridgehead atoms. The van der Waals surface area contributed by atoms with Crippen LogP contribution < -0.4 is 0 Å². The molecule has 2 fully saturated rings. The van der Waals surface area contributed by atoms with Gasteiger partial charge in [-0.05, 0) is 6.92 Å². The third-order valence-corrected chi connectivity index (χ3v) is 2.64. The van der Waals surface area contributed by atoms with E-state index in [2.05, 4.69) is 0 Å². The summed E-state index contributed by atoms with van der Waals surface area (Å²) in [6.45, 7) is 2.75. The number of esters is 1. The van der Waals surface area contributed by atoms with Crippen molar-refractivity contribution in [2.24, 2.45) is 0 Å². The van der Waals surface area contributed by atoms with Crippen molar-refractivity contribution in [3.63, 3.8) is 0 Å². The molecule has 0 aliphatic carbocycles. The van der Waals surface area contributed by atoms with Gasteiger partial charge < -0.3 is 14.4 Å². The van der Waals surface area contributed by atoms with Crippen LogP contribution in [0.4, 0.5) is 4.79 Å². The van der Waals surface area contributed by atoms with E-state index in [1.54, 1.807) is 11.8 Å². The Morgan fingerprint density at radius 2 is 2.50 bits per heavy atom. The first-order valence-electron chi connectivity index (χ1n) is 4.85. The highest BCUT2D eigenvalue weighted by Crippen LogP contribution is 2.30. The number of amides is 1. The Labute approximate surface area is 82.0 Å². The lowest BCUT2D eigenvalue weighted by atomic mass is 10.1. The van der Waals surface area contributed by atoms with Gasteiger partial charge in [0.25, 0.3) is 0 Å². The molecule has 5 nitrogen and oxygen atoms in total. The minimum absolute atomic E-state index is 0.0958. The van der Waals surface area contributed by atoms with Gasteiger partial charge in [0.05, 0.1) is 19.1 Å². The van der Waals surface area contributed by atoms with Gasteiger partial charge in [-0.1, -0.05) is 0 Å². The van der Waals surface area contributed by atoms with Crippen LogP contribution in [0.25, 0.3) is 0 Å². The zero-order valence-corrected chi connectivity index (χ0v) is 8.06. The van der Waals surface area contributed by atoms with Crippen molar-refractivity contribution in [1.82, 2.24) is 4.90 Å². The first-order chi connectivity index (χ1) is 6.72. The van der Waals surface area contributed by atoms with Gasteiger partial charge in [0.1, 0.15) is 6.10 Å². The minimum Gasteiger partial charge on any atom is -0.460 e. The van der Waals surface area contributed by atoms with E-state index in [1.165, 1.54) is 0 Å². The summed E-state index contributed by atoms with van der Waals surface area (Å²) in [6, 6.07) is -0.0958. The lowest BCUT2D eigenvalue weighted by molar-refractivity contribution is -0.141. The Balaban J connectivity index is 2.01. The highest BCUT2D eigenvalue weighted by atomic mass is 16.6. The highest BCUT2D eigenvalue weighted by Gasteiger charge is 2.45. The van der Waals surface area contributed by atoms with Gasteiger partial charge in [0.2, 0.25) is 0 Å².